The van der Waals surface area contributed by atoms with Crippen molar-refractivity contribution in [3.05, 3.63) is 29.8 Å². The Bertz CT molecular complexity index is 398. The molecular formula is C17H25NO. The van der Waals surface area contributed by atoms with E-state index in [1.807, 2.05) is 0 Å². The van der Waals surface area contributed by atoms with Crippen molar-refractivity contribution in [2.45, 2.75) is 51.6 Å². The van der Waals surface area contributed by atoms with Crippen LogP contribution in [0.15, 0.2) is 24.3 Å². The molecule has 0 bridgehead atoms. The second kappa shape index (κ2) is 5.54. The summed E-state index contributed by atoms with van der Waals surface area (Å²) in [5.74, 6) is 1.11. The van der Waals surface area contributed by atoms with Crippen LogP contribution in [0.25, 0.3) is 0 Å². The minimum absolute atomic E-state index is 0.397. The summed E-state index contributed by atoms with van der Waals surface area (Å²) in [6.07, 6.45) is 8.25. The Morgan fingerprint density at radius 3 is 2.79 bits per heavy atom. The highest BCUT2D eigenvalue weighted by Crippen LogP contribution is 2.44. The zero-order valence-corrected chi connectivity index (χ0v) is 12.0. The maximum absolute atomic E-state index is 6.15. The summed E-state index contributed by atoms with van der Waals surface area (Å²) in [6, 6.07) is 8.52. The molecule has 1 saturated carbocycles. The maximum Gasteiger partial charge on any atom is 0.123 e. The molecule has 1 aliphatic carbocycles. The molecule has 0 spiro atoms. The number of para-hydroxylation sites is 1. The first kappa shape index (κ1) is 13.0. The van der Waals surface area contributed by atoms with Gasteiger partial charge in [0.25, 0.3) is 0 Å². The third-order valence-electron chi connectivity index (χ3n) is 4.79. The van der Waals surface area contributed by atoms with Crippen LogP contribution in [-0.2, 0) is 6.42 Å². The van der Waals surface area contributed by atoms with Gasteiger partial charge in [0.05, 0.1) is 0 Å². The zero-order chi connectivity index (χ0) is 13.1. The molecule has 2 heteroatoms. The van der Waals surface area contributed by atoms with E-state index in [9.17, 15) is 0 Å². The van der Waals surface area contributed by atoms with Crippen molar-refractivity contribution in [1.82, 2.24) is 5.32 Å². The minimum atomic E-state index is 0.397. The standard InChI is InChI=1S/C17H25NO/c1-2-18-13-17(9-5-6-10-17)12-15-11-14-7-3-4-8-16(14)19-15/h3-4,7-8,15,18H,2,5-6,9-13H2,1H3. The lowest BCUT2D eigenvalue weighted by atomic mass is 9.79. The van der Waals surface area contributed by atoms with Gasteiger partial charge in [-0.2, -0.15) is 0 Å². The van der Waals surface area contributed by atoms with Gasteiger partial charge in [0.1, 0.15) is 11.9 Å². The number of nitrogens with one attached hydrogen (secondary N) is 1. The number of ether oxygens (including phenoxy) is 1. The van der Waals surface area contributed by atoms with Crippen molar-refractivity contribution in [2.75, 3.05) is 13.1 Å². The Hall–Kier alpha value is -1.02. The van der Waals surface area contributed by atoms with Crippen LogP contribution in [0.4, 0.5) is 0 Å². The van der Waals surface area contributed by atoms with Crippen molar-refractivity contribution >= 4 is 0 Å². The van der Waals surface area contributed by atoms with Gasteiger partial charge in [-0.3, -0.25) is 0 Å². The predicted octanol–water partition coefficient (Wildman–Crippen LogP) is 3.55. The third-order valence-corrected chi connectivity index (χ3v) is 4.79. The number of hydrogen-bond acceptors (Lipinski definition) is 2. The molecule has 0 radical (unpaired) electrons. The first-order valence-corrected chi connectivity index (χ1v) is 7.77. The number of fused-ring (bicyclic) bond motifs is 1. The fourth-order valence-corrected chi connectivity index (χ4v) is 3.82. The molecule has 104 valence electrons. The molecule has 0 amide bonds. The highest BCUT2D eigenvalue weighted by atomic mass is 16.5. The lowest BCUT2D eigenvalue weighted by Crippen LogP contribution is -2.36. The number of rotatable bonds is 5. The summed E-state index contributed by atoms with van der Waals surface area (Å²) in [6.45, 7) is 4.44. The van der Waals surface area contributed by atoms with Crippen LogP contribution >= 0.6 is 0 Å². The molecule has 1 unspecified atom stereocenters. The predicted molar refractivity (Wildman–Crippen MR) is 78.6 cm³/mol. The van der Waals surface area contributed by atoms with Crippen LogP contribution in [0.3, 0.4) is 0 Å². The van der Waals surface area contributed by atoms with Gasteiger partial charge in [-0.25, -0.2) is 0 Å². The topological polar surface area (TPSA) is 21.3 Å². The van der Waals surface area contributed by atoms with E-state index < -0.39 is 0 Å². The van der Waals surface area contributed by atoms with Gasteiger partial charge in [-0.05, 0) is 42.9 Å². The van der Waals surface area contributed by atoms with Gasteiger partial charge >= 0.3 is 0 Å². The largest absolute Gasteiger partial charge is 0.490 e. The van der Waals surface area contributed by atoms with E-state index in [2.05, 4.69) is 36.5 Å². The monoisotopic (exact) mass is 259 g/mol. The highest BCUT2D eigenvalue weighted by Gasteiger charge is 2.38. The summed E-state index contributed by atoms with van der Waals surface area (Å²) in [5.41, 5.74) is 1.88. The SMILES string of the molecule is CCNCC1(CC2Cc3ccccc3O2)CCCC1. The Labute approximate surface area is 116 Å². The van der Waals surface area contributed by atoms with Crippen LogP contribution in [0.1, 0.15) is 44.6 Å². The third kappa shape index (κ3) is 2.79. The first-order chi connectivity index (χ1) is 9.31. The van der Waals surface area contributed by atoms with Gasteiger partial charge in [0, 0.05) is 13.0 Å². The van der Waals surface area contributed by atoms with E-state index in [1.54, 1.807) is 0 Å². The van der Waals surface area contributed by atoms with E-state index in [-0.39, 0.29) is 0 Å². The molecular weight excluding hydrogens is 234 g/mol. The van der Waals surface area contributed by atoms with Gasteiger partial charge in [-0.1, -0.05) is 38.0 Å². The smallest absolute Gasteiger partial charge is 0.123 e. The normalized spacial score (nSPS) is 24.2. The molecule has 1 aliphatic heterocycles. The van der Waals surface area contributed by atoms with Crippen LogP contribution in [0.2, 0.25) is 0 Å². The van der Waals surface area contributed by atoms with E-state index in [1.165, 1.54) is 44.2 Å². The van der Waals surface area contributed by atoms with Gasteiger partial charge < -0.3 is 10.1 Å². The van der Waals surface area contributed by atoms with Crippen molar-refractivity contribution in [3.63, 3.8) is 0 Å². The fourth-order valence-electron chi connectivity index (χ4n) is 3.82. The summed E-state index contributed by atoms with van der Waals surface area (Å²) in [7, 11) is 0. The Morgan fingerprint density at radius 2 is 2.05 bits per heavy atom. The number of hydrogen-bond donors (Lipinski definition) is 1. The summed E-state index contributed by atoms with van der Waals surface area (Å²) >= 11 is 0. The molecule has 2 nitrogen and oxygen atoms in total. The molecule has 1 aromatic rings. The molecule has 1 heterocycles. The van der Waals surface area contributed by atoms with Crippen molar-refractivity contribution in [2.24, 2.45) is 5.41 Å². The number of benzene rings is 1. The van der Waals surface area contributed by atoms with Crippen LogP contribution in [-0.4, -0.2) is 19.2 Å². The average molecular weight is 259 g/mol. The summed E-state index contributed by atoms with van der Waals surface area (Å²) < 4.78 is 6.15. The Kier molecular flexibility index (Phi) is 3.79. The molecule has 1 N–H and O–H groups in total. The molecule has 0 saturated heterocycles. The quantitative estimate of drug-likeness (QED) is 0.873. The van der Waals surface area contributed by atoms with Crippen molar-refractivity contribution in [3.8, 4) is 5.75 Å². The van der Waals surface area contributed by atoms with Crippen LogP contribution < -0.4 is 10.1 Å². The van der Waals surface area contributed by atoms with E-state index in [4.69, 9.17) is 4.74 Å². The Balaban J connectivity index is 1.64. The second-order valence-corrected chi connectivity index (χ2v) is 6.24. The summed E-state index contributed by atoms with van der Waals surface area (Å²) in [5, 5.41) is 3.57. The molecule has 19 heavy (non-hydrogen) atoms. The van der Waals surface area contributed by atoms with Gasteiger partial charge in [0.15, 0.2) is 0 Å². The molecule has 1 fully saturated rings. The van der Waals surface area contributed by atoms with Crippen molar-refractivity contribution in [1.29, 1.82) is 0 Å². The zero-order valence-electron chi connectivity index (χ0n) is 12.0. The molecule has 0 aromatic heterocycles. The minimum Gasteiger partial charge on any atom is -0.490 e. The summed E-state index contributed by atoms with van der Waals surface area (Å²) in [4.78, 5) is 0. The molecule has 1 atom stereocenters. The highest BCUT2D eigenvalue weighted by molar-refractivity contribution is 5.37. The molecule has 1 aromatic carbocycles. The average Bonchev–Trinajstić information content (AvgIpc) is 3.03. The van der Waals surface area contributed by atoms with Gasteiger partial charge in [0.2, 0.25) is 0 Å². The lowest BCUT2D eigenvalue weighted by molar-refractivity contribution is 0.135. The van der Waals surface area contributed by atoms with Crippen LogP contribution in [0.5, 0.6) is 5.75 Å². The van der Waals surface area contributed by atoms with E-state index in [0.29, 0.717) is 11.5 Å². The fraction of sp³-hybridized carbons (Fsp3) is 0.647. The molecule has 3 rings (SSSR count). The molecule has 2 aliphatic rings. The van der Waals surface area contributed by atoms with Crippen LogP contribution in [0, 0.1) is 5.41 Å². The Morgan fingerprint density at radius 1 is 1.26 bits per heavy atom. The lowest BCUT2D eigenvalue weighted by Gasteiger charge is -2.31. The first-order valence-electron chi connectivity index (χ1n) is 7.77. The van der Waals surface area contributed by atoms with E-state index in [0.717, 1.165) is 18.7 Å². The second-order valence-electron chi connectivity index (χ2n) is 6.24. The van der Waals surface area contributed by atoms with Crippen molar-refractivity contribution < 1.29 is 4.74 Å². The van der Waals surface area contributed by atoms with Gasteiger partial charge in [-0.15, -0.1) is 0 Å². The van der Waals surface area contributed by atoms with E-state index >= 15 is 0 Å². The maximum atomic E-state index is 6.15.